The van der Waals surface area contributed by atoms with Crippen LogP contribution in [0.1, 0.15) is 31.2 Å². The molecule has 0 radical (unpaired) electrons. The molecule has 3 atom stereocenters. The first kappa shape index (κ1) is 20.3. The third-order valence-corrected chi connectivity index (χ3v) is 6.76. The quantitative estimate of drug-likeness (QED) is 0.787. The summed E-state index contributed by atoms with van der Waals surface area (Å²) in [6.45, 7) is -0.617. The summed E-state index contributed by atoms with van der Waals surface area (Å²) in [5.74, 6) is 0.429. The highest BCUT2D eigenvalue weighted by Crippen LogP contribution is 2.44. The molecule has 1 aromatic rings. The number of nitrogens with one attached hydrogen (secondary N) is 1. The Kier molecular flexibility index (Phi) is 5.37. The molecule has 5 nitrogen and oxygen atoms in total. The van der Waals surface area contributed by atoms with E-state index in [0.29, 0.717) is 22.2 Å². The number of carbonyl (C=O) groups is 1. The molecule has 0 unspecified atom stereocenters. The maximum absolute atomic E-state index is 13.0. The molecule has 0 saturated heterocycles. The van der Waals surface area contributed by atoms with E-state index >= 15 is 0 Å². The molecule has 1 aromatic carbocycles. The van der Waals surface area contributed by atoms with Gasteiger partial charge in [-0.2, -0.15) is 13.2 Å². The average Bonchev–Trinajstić information content (AvgIpc) is 3.14. The van der Waals surface area contributed by atoms with Gasteiger partial charge in [0.05, 0.1) is 22.5 Å². The number of alkyl halides is 3. The lowest BCUT2D eigenvalue weighted by molar-refractivity contribution is -0.137. The van der Waals surface area contributed by atoms with Gasteiger partial charge in [0.15, 0.2) is 0 Å². The Labute approximate surface area is 160 Å². The third kappa shape index (κ3) is 4.51. The van der Waals surface area contributed by atoms with Crippen molar-refractivity contribution in [1.82, 2.24) is 5.32 Å². The molecule has 2 aliphatic carbocycles. The lowest BCUT2D eigenvalue weighted by atomic mass is 9.95. The molecule has 2 saturated carbocycles. The number of hydrogen-bond donors (Lipinski definition) is 1. The fraction of sp³-hybridized carbons (Fsp3) is 0.588. The van der Waals surface area contributed by atoms with Crippen LogP contribution in [-0.2, 0) is 21.0 Å². The molecule has 10 heteroatoms. The molecule has 2 fully saturated rings. The fourth-order valence-electron chi connectivity index (χ4n) is 4.07. The smallest absolute Gasteiger partial charge is 0.352 e. The number of benzene rings is 1. The Morgan fingerprint density at radius 3 is 2.52 bits per heavy atom. The number of hydrogen-bond acceptors (Lipinski definition) is 3. The number of anilines is 1. The van der Waals surface area contributed by atoms with E-state index in [9.17, 15) is 26.4 Å². The normalized spacial score (nSPS) is 24.9. The Balaban J connectivity index is 1.82. The van der Waals surface area contributed by atoms with Crippen LogP contribution in [0.3, 0.4) is 0 Å². The summed E-state index contributed by atoms with van der Waals surface area (Å²) in [5.41, 5.74) is -1.40. The predicted molar refractivity (Wildman–Crippen MR) is 96.0 cm³/mol. The minimum Gasteiger partial charge on any atom is -0.352 e. The topological polar surface area (TPSA) is 66.5 Å². The van der Waals surface area contributed by atoms with Gasteiger partial charge in [-0.1, -0.05) is 18.0 Å². The molecule has 150 valence electrons. The second kappa shape index (κ2) is 7.16. The van der Waals surface area contributed by atoms with Crippen LogP contribution in [0.2, 0.25) is 5.02 Å². The lowest BCUT2D eigenvalue weighted by Gasteiger charge is -2.27. The van der Waals surface area contributed by atoms with Crippen molar-refractivity contribution in [2.45, 2.75) is 37.9 Å². The van der Waals surface area contributed by atoms with Gasteiger partial charge in [0.1, 0.15) is 6.54 Å². The second-order valence-electron chi connectivity index (χ2n) is 7.28. The van der Waals surface area contributed by atoms with Crippen LogP contribution >= 0.6 is 11.6 Å². The SMILES string of the molecule is CS(=O)(=O)N(CC(=O)N[C@@H]1C[C@@H]2CC[C@@H]1C2)c1cc(C(F)(F)F)ccc1Cl. The van der Waals surface area contributed by atoms with Gasteiger partial charge in [-0.05, 0) is 49.3 Å². The van der Waals surface area contributed by atoms with Gasteiger partial charge in [-0.15, -0.1) is 0 Å². The van der Waals surface area contributed by atoms with Gasteiger partial charge in [-0.25, -0.2) is 8.42 Å². The molecule has 27 heavy (non-hydrogen) atoms. The molecular weight excluding hydrogens is 405 g/mol. The molecule has 1 N–H and O–H groups in total. The third-order valence-electron chi connectivity index (χ3n) is 5.31. The van der Waals surface area contributed by atoms with Crippen LogP contribution in [0.15, 0.2) is 18.2 Å². The Bertz CT molecular complexity index is 844. The number of carbonyl (C=O) groups excluding carboxylic acids is 1. The Morgan fingerprint density at radius 2 is 2.00 bits per heavy atom. The summed E-state index contributed by atoms with van der Waals surface area (Å²) in [5, 5.41) is 2.66. The van der Waals surface area contributed by atoms with E-state index in [1.54, 1.807) is 0 Å². The van der Waals surface area contributed by atoms with Crippen molar-refractivity contribution >= 4 is 33.2 Å². The van der Waals surface area contributed by atoms with E-state index in [1.165, 1.54) is 0 Å². The fourth-order valence-corrected chi connectivity index (χ4v) is 5.20. The summed E-state index contributed by atoms with van der Waals surface area (Å²) in [6, 6.07) is 2.39. The zero-order valence-electron chi connectivity index (χ0n) is 14.6. The largest absolute Gasteiger partial charge is 0.416 e. The summed E-state index contributed by atoms with van der Waals surface area (Å²) in [4.78, 5) is 12.4. The van der Waals surface area contributed by atoms with Crippen molar-refractivity contribution in [3.8, 4) is 0 Å². The molecule has 0 aliphatic heterocycles. The highest BCUT2D eigenvalue weighted by atomic mass is 35.5. The Hall–Kier alpha value is -1.48. The van der Waals surface area contributed by atoms with Crippen LogP contribution in [0.5, 0.6) is 0 Å². The van der Waals surface area contributed by atoms with Crippen LogP contribution in [0.25, 0.3) is 0 Å². The van der Waals surface area contributed by atoms with Gasteiger partial charge in [0.2, 0.25) is 15.9 Å². The number of amides is 1. The average molecular weight is 425 g/mol. The molecule has 0 spiro atoms. The maximum Gasteiger partial charge on any atom is 0.416 e. The van der Waals surface area contributed by atoms with Gasteiger partial charge in [-0.3, -0.25) is 9.10 Å². The Morgan fingerprint density at radius 1 is 1.30 bits per heavy atom. The maximum atomic E-state index is 13.0. The van der Waals surface area contributed by atoms with Crippen LogP contribution in [0.4, 0.5) is 18.9 Å². The number of rotatable bonds is 5. The van der Waals surface area contributed by atoms with Crippen molar-refractivity contribution in [3.05, 3.63) is 28.8 Å². The summed E-state index contributed by atoms with van der Waals surface area (Å²) >= 11 is 5.95. The summed E-state index contributed by atoms with van der Waals surface area (Å²) in [7, 11) is -4.02. The lowest BCUT2D eigenvalue weighted by Crippen LogP contribution is -2.45. The predicted octanol–water partition coefficient (Wildman–Crippen LogP) is 3.43. The van der Waals surface area contributed by atoms with E-state index in [1.807, 2.05) is 0 Å². The van der Waals surface area contributed by atoms with E-state index in [4.69, 9.17) is 11.6 Å². The molecule has 1 amide bonds. The molecular formula is C17H20ClF3N2O3S. The van der Waals surface area contributed by atoms with Gasteiger partial charge < -0.3 is 5.32 Å². The zero-order valence-corrected chi connectivity index (χ0v) is 16.2. The van der Waals surface area contributed by atoms with Crippen molar-refractivity contribution in [2.75, 3.05) is 17.1 Å². The first-order valence-electron chi connectivity index (χ1n) is 8.59. The van der Waals surface area contributed by atoms with Crippen LogP contribution in [0, 0.1) is 11.8 Å². The van der Waals surface area contributed by atoms with E-state index in [-0.39, 0.29) is 16.8 Å². The number of sulfonamides is 1. The first-order chi connectivity index (χ1) is 12.4. The van der Waals surface area contributed by atoms with Crippen molar-refractivity contribution in [3.63, 3.8) is 0 Å². The van der Waals surface area contributed by atoms with Gasteiger partial charge >= 0.3 is 6.18 Å². The minimum absolute atomic E-state index is 0.00496. The molecule has 0 aromatic heterocycles. The molecule has 0 heterocycles. The van der Waals surface area contributed by atoms with Crippen molar-refractivity contribution < 1.29 is 26.4 Å². The van der Waals surface area contributed by atoms with Gasteiger partial charge in [0.25, 0.3) is 0 Å². The van der Waals surface area contributed by atoms with Crippen LogP contribution in [-0.4, -0.2) is 33.2 Å². The number of nitrogens with zero attached hydrogens (tertiary/aromatic N) is 1. The van der Waals surface area contributed by atoms with Crippen molar-refractivity contribution in [1.29, 1.82) is 0 Å². The second-order valence-corrected chi connectivity index (χ2v) is 9.60. The highest BCUT2D eigenvalue weighted by Gasteiger charge is 2.40. The standard InChI is InChI=1S/C17H20ClF3N2O3S/c1-27(25,26)23(15-8-12(17(19,20)21)4-5-13(15)18)9-16(24)22-14-7-10-2-3-11(14)6-10/h4-5,8,10-11,14H,2-3,6-7,9H2,1H3,(H,22,24)/t10-,11-,14-/m1/s1. The number of fused-ring (bicyclic) bond motifs is 2. The van der Waals surface area contributed by atoms with Gasteiger partial charge in [0, 0.05) is 6.04 Å². The first-order valence-corrected chi connectivity index (χ1v) is 10.8. The molecule has 3 rings (SSSR count). The van der Waals surface area contributed by atoms with Crippen LogP contribution < -0.4 is 9.62 Å². The van der Waals surface area contributed by atoms with E-state index < -0.39 is 34.2 Å². The molecule has 2 bridgehead atoms. The molecule has 2 aliphatic rings. The van der Waals surface area contributed by atoms with E-state index in [2.05, 4.69) is 5.32 Å². The van der Waals surface area contributed by atoms with E-state index in [0.717, 1.165) is 44.1 Å². The zero-order chi connectivity index (χ0) is 20.0. The minimum atomic E-state index is -4.66. The summed E-state index contributed by atoms with van der Waals surface area (Å²) in [6.07, 6.45) is 0.263. The summed E-state index contributed by atoms with van der Waals surface area (Å²) < 4.78 is 63.9. The number of halogens is 4. The highest BCUT2D eigenvalue weighted by molar-refractivity contribution is 7.92. The monoisotopic (exact) mass is 424 g/mol. The van der Waals surface area contributed by atoms with Crippen molar-refractivity contribution in [2.24, 2.45) is 11.8 Å².